The average Bonchev–Trinajstić information content (AvgIpc) is 3.06. The van der Waals surface area contributed by atoms with Gasteiger partial charge >= 0.3 is 0 Å². The molecule has 0 aromatic carbocycles. The molecule has 4 heteroatoms. The third-order valence-electron chi connectivity index (χ3n) is 3.07. The fourth-order valence-electron chi connectivity index (χ4n) is 2.00. The fraction of sp³-hybridized carbons (Fsp3) is 0.692. The molecular weight excluding hydrogens is 232 g/mol. The molecule has 94 valence electrons. The molecule has 1 aromatic heterocycles. The standard InChI is InChI=1S/C13H20N2OS/c1-4-7-15(9(2)3)13-14-12(10-5-6-10)11(8-16)17-13/h8-10H,4-7H2,1-3H3. The number of anilines is 1. The highest BCUT2D eigenvalue weighted by Crippen LogP contribution is 2.43. The van der Waals surface area contributed by atoms with Crippen molar-refractivity contribution in [1.82, 2.24) is 4.98 Å². The van der Waals surface area contributed by atoms with Crippen LogP contribution in [0, 0.1) is 0 Å². The average molecular weight is 252 g/mol. The highest BCUT2D eigenvalue weighted by molar-refractivity contribution is 7.17. The number of aromatic nitrogens is 1. The lowest BCUT2D eigenvalue weighted by Crippen LogP contribution is -2.31. The van der Waals surface area contributed by atoms with E-state index in [2.05, 4.69) is 25.7 Å². The number of nitrogens with zero attached hydrogens (tertiary/aromatic N) is 2. The summed E-state index contributed by atoms with van der Waals surface area (Å²) in [5, 5.41) is 1.02. The normalized spacial score (nSPS) is 15.3. The molecular formula is C13H20N2OS. The summed E-state index contributed by atoms with van der Waals surface area (Å²) in [6.07, 6.45) is 4.46. The lowest BCUT2D eigenvalue weighted by molar-refractivity contribution is 0.112. The van der Waals surface area contributed by atoms with Crippen molar-refractivity contribution in [2.75, 3.05) is 11.4 Å². The van der Waals surface area contributed by atoms with Gasteiger partial charge in [0.1, 0.15) is 0 Å². The summed E-state index contributed by atoms with van der Waals surface area (Å²) in [6, 6.07) is 0.438. The summed E-state index contributed by atoms with van der Waals surface area (Å²) in [5.41, 5.74) is 1.04. The topological polar surface area (TPSA) is 33.2 Å². The van der Waals surface area contributed by atoms with Crippen molar-refractivity contribution in [2.24, 2.45) is 0 Å². The Bertz CT molecular complexity index is 396. The van der Waals surface area contributed by atoms with E-state index in [0.717, 1.165) is 35.0 Å². The Morgan fingerprint density at radius 2 is 2.24 bits per heavy atom. The second kappa shape index (κ2) is 5.17. The van der Waals surface area contributed by atoms with E-state index in [9.17, 15) is 4.79 Å². The first-order valence-electron chi connectivity index (χ1n) is 6.39. The molecule has 1 fully saturated rings. The first-order valence-corrected chi connectivity index (χ1v) is 7.21. The Morgan fingerprint density at radius 3 is 2.71 bits per heavy atom. The summed E-state index contributed by atoms with van der Waals surface area (Å²) in [7, 11) is 0. The molecule has 1 aliphatic carbocycles. The Morgan fingerprint density at radius 1 is 1.53 bits per heavy atom. The summed E-state index contributed by atoms with van der Waals surface area (Å²) < 4.78 is 0. The third-order valence-corrected chi connectivity index (χ3v) is 4.11. The van der Waals surface area contributed by atoms with Crippen LogP contribution in [0.1, 0.15) is 61.3 Å². The van der Waals surface area contributed by atoms with E-state index in [0.29, 0.717) is 12.0 Å². The minimum Gasteiger partial charge on any atom is -0.346 e. The molecule has 0 amide bonds. The van der Waals surface area contributed by atoms with Crippen molar-refractivity contribution in [1.29, 1.82) is 0 Å². The van der Waals surface area contributed by atoms with Gasteiger partial charge in [0.25, 0.3) is 0 Å². The Kier molecular flexibility index (Phi) is 3.82. The summed E-state index contributed by atoms with van der Waals surface area (Å²) in [4.78, 5) is 18.9. The summed E-state index contributed by atoms with van der Waals surface area (Å²) >= 11 is 1.55. The number of carbonyl (C=O) groups is 1. The minimum atomic E-state index is 0.438. The largest absolute Gasteiger partial charge is 0.346 e. The molecule has 0 radical (unpaired) electrons. The van der Waals surface area contributed by atoms with Crippen molar-refractivity contribution in [3.8, 4) is 0 Å². The maximum absolute atomic E-state index is 11.1. The van der Waals surface area contributed by atoms with Gasteiger partial charge in [0.05, 0.1) is 10.6 Å². The number of rotatable bonds is 6. The van der Waals surface area contributed by atoms with E-state index in [4.69, 9.17) is 4.98 Å². The van der Waals surface area contributed by atoms with Crippen LogP contribution in [-0.4, -0.2) is 23.9 Å². The van der Waals surface area contributed by atoms with Crippen LogP contribution in [0.25, 0.3) is 0 Å². The molecule has 0 saturated heterocycles. The second-order valence-corrected chi connectivity index (χ2v) is 5.93. The molecule has 1 heterocycles. The number of carbonyl (C=O) groups excluding carboxylic acids is 1. The fourth-order valence-corrected chi connectivity index (χ4v) is 3.13. The van der Waals surface area contributed by atoms with Crippen molar-refractivity contribution in [3.05, 3.63) is 10.6 Å². The molecule has 2 rings (SSSR count). The molecule has 1 saturated carbocycles. The van der Waals surface area contributed by atoms with Gasteiger partial charge in [-0.2, -0.15) is 0 Å². The first-order chi connectivity index (χ1) is 8.17. The molecule has 0 spiro atoms. The van der Waals surface area contributed by atoms with E-state index >= 15 is 0 Å². The van der Waals surface area contributed by atoms with Crippen molar-refractivity contribution in [2.45, 2.75) is 52.0 Å². The molecule has 0 aliphatic heterocycles. The first kappa shape index (κ1) is 12.6. The minimum absolute atomic E-state index is 0.438. The molecule has 0 N–H and O–H groups in total. The molecule has 1 aromatic rings. The SMILES string of the molecule is CCCN(c1nc(C2CC2)c(C=O)s1)C(C)C. The lowest BCUT2D eigenvalue weighted by Gasteiger charge is -2.25. The Hall–Kier alpha value is -0.900. The third kappa shape index (κ3) is 2.68. The zero-order chi connectivity index (χ0) is 12.4. The molecule has 1 aliphatic rings. The van der Waals surface area contributed by atoms with Gasteiger partial charge in [0.2, 0.25) is 0 Å². The molecule has 0 unspecified atom stereocenters. The predicted molar refractivity (Wildman–Crippen MR) is 72.2 cm³/mol. The number of aldehydes is 1. The predicted octanol–water partition coefficient (Wildman–Crippen LogP) is 3.46. The molecule has 0 atom stereocenters. The van der Waals surface area contributed by atoms with Gasteiger partial charge in [0.15, 0.2) is 11.4 Å². The number of hydrogen-bond acceptors (Lipinski definition) is 4. The maximum Gasteiger partial charge on any atom is 0.186 e. The Balaban J connectivity index is 2.26. The van der Waals surface area contributed by atoms with E-state index < -0.39 is 0 Å². The Labute approximate surface area is 107 Å². The molecule has 0 bridgehead atoms. The second-order valence-electron chi connectivity index (χ2n) is 4.93. The lowest BCUT2D eigenvalue weighted by atomic mass is 10.2. The maximum atomic E-state index is 11.1. The van der Waals surface area contributed by atoms with Gasteiger partial charge in [-0.15, -0.1) is 0 Å². The summed E-state index contributed by atoms with van der Waals surface area (Å²) in [5.74, 6) is 0.552. The molecule has 3 nitrogen and oxygen atoms in total. The van der Waals surface area contributed by atoms with E-state index in [1.165, 1.54) is 12.8 Å². The van der Waals surface area contributed by atoms with Crippen molar-refractivity contribution < 1.29 is 4.79 Å². The van der Waals surface area contributed by atoms with Crippen LogP contribution in [0.5, 0.6) is 0 Å². The highest BCUT2D eigenvalue weighted by atomic mass is 32.1. The van der Waals surface area contributed by atoms with Crippen LogP contribution in [0.2, 0.25) is 0 Å². The van der Waals surface area contributed by atoms with Crippen LogP contribution in [0.4, 0.5) is 5.13 Å². The van der Waals surface area contributed by atoms with E-state index in [-0.39, 0.29) is 0 Å². The van der Waals surface area contributed by atoms with Crippen molar-refractivity contribution >= 4 is 22.8 Å². The van der Waals surface area contributed by atoms with Crippen LogP contribution in [-0.2, 0) is 0 Å². The van der Waals surface area contributed by atoms with Crippen LogP contribution in [0.15, 0.2) is 0 Å². The van der Waals surface area contributed by atoms with Crippen LogP contribution in [0.3, 0.4) is 0 Å². The van der Waals surface area contributed by atoms with Gasteiger partial charge in [-0.25, -0.2) is 4.98 Å². The van der Waals surface area contributed by atoms with Gasteiger partial charge in [0, 0.05) is 18.5 Å². The van der Waals surface area contributed by atoms with Gasteiger partial charge in [-0.1, -0.05) is 18.3 Å². The number of hydrogen-bond donors (Lipinski definition) is 0. The monoisotopic (exact) mass is 252 g/mol. The van der Waals surface area contributed by atoms with E-state index in [1.807, 2.05) is 0 Å². The quantitative estimate of drug-likeness (QED) is 0.727. The van der Waals surface area contributed by atoms with Crippen LogP contribution >= 0.6 is 11.3 Å². The van der Waals surface area contributed by atoms with Crippen molar-refractivity contribution in [3.63, 3.8) is 0 Å². The smallest absolute Gasteiger partial charge is 0.186 e. The molecule has 17 heavy (non-hydrogen) atoms. The van der Waals surface area contributed by atoms with Gasteiger partial charge in [-0.05, 0) is 33.1 Å². The highest BCUT2D eigenvalue weighted by Gasteiger charge is 2.30. The van der Waals surface area contributed by atoms with Gasteiger partial charge < -0.3 is 4.90 Å². The zero-order valence-corrected chi connectivity index (χ0v) is 11.6. The number of thiazole rings is 1. The van der Waals surface area contributed by atoms with E-state index in [1.54, 1.807) is 11.3 Å². The zero-order valence-electron chi connectivity index (χ0n) is 10.8. The van der Waals surface area contributed by atoms with Gasteiger partial charge in [-0.3, -0.25) is 4.79 Å². The van der Waals surface area contributed by atoms with Crippen LogP contribution < -0.4 is 4.90 Å². The summed E-state index contributed by atoms with van der Waals surface area (Å²) in [6.45, 7) is 7.53.